The summed E-state index contributed by atoms with van der Waals surface area (Å²) in [5.41, 5.74) is 12.8. The van der Waals surface area contributed by atoms with Crippen molar-refractivity contribution < 1.29 is 0 Å². The Labute approximate surface area is 334 Å². The van der Waals surface area contributed by atoms with Crippen LogP contribution in [0.4, 0.5) is 34.1 Å². The number of hydrogen-bond donors (Lipinski definition) is 0. The summed E-state index contributed by atoms with van der Waals surface area (Å²) in [5, 5.41) is 0. The van der Waals surface area contributed by atoms with Gasteiger partial charge in [-0.05, 0) is 64.9 Å². The molecule has 5 aliphatic rings. The Morgan fingerprint density at radius 2 is 0.672 bits per heavy atom. The number of nitrogens with zero attached hydrogens (tertiary/aromatic N) is 9. The lowest BCUT2D eigenvalue weighted by Gasteiger charge is -2.44. The minimum Gasteiger partial charge on any atom is -0.311 e. The van der Waals surface area contributed by atoms with Crippen molar-refractivity contribution in [2.45, 2.75) is 0 Å². The molecule has 12 rings (SSSR count). The van der Waals surface area contributed by atoms with Crippen LogP contribution in [-0.2, 0) is 0 Å². The van der Waals surface area contributed by atoms with Crippen molar-refractivity contribution in [1.29, 1.82) is 0 Å². The van der Waals surface area contributed by atoms with Crippen LogP contribution in [0.5, 0.6) is 0 Å². The standard InChI is InChI=1S/C48H30BN9/c1-5-17-31(18-6-1)43-50-46-51-44(32-19-7-2-8-20-32)53-48-55-45(54-47(52-43)58(46)48)33-29-40-42-41(30-33)57(35-23-11-4-12-24-35)39-28-16-14-26-37(39)49(42)36-25-13-15-27-38(36)56(40)34-21-9-3-10-22-34/h1-30H. The van der Waals surface area contributed by atoms with Gasteiger partial charge in [-0.2, -0.15) is 30.0 Å². The quantitative estimate of drug-likeness (QED) is 0.169. The highest BCUT2D eigenvalue weighted by molar-refractivity contribution is 7.00. The van der Waals surface area contributed by atoms with Gasteiger partial charge in [-0.25, -0.2) is 4.90 Å². The zero-order valence-electron chi connectivity index (χ0n) is 30.9. The molecule has 0 N–H and O–H groups in total. The predicted octanol–water partition coefficient (Wildman–Crippen LogP) is 7.82. The molecule has 0 aromatic heterocycles. The number of guanidine groups is 3. The largest absolute Gasteiger partial charge is 0.311 e. The minimum atomic E-state index is -0.0102. The Hall–Kier alpha value is -7.98. The highest BCUT2D eigenvalue weighted by Gasteiger charge is 2.44. The molecule has 270 valence electrons. The number of hydrogen-bond acceptors (Lipinski definition) is 9. The van der Waals surface area contributed by atoms with E-state index in [0.29, 0.717) is 35.4 Å². The molecule has 7 aromatic rings. The molecule has 0 spiro atoms. The molecule has 0 radical (unpaired) electrons. The summed E-state index contributed by atoms with van der Waals surface area (Å²) in [6, 6.07) is 63.0. The fourth-order valence-corrected chi connectivity index (χ4v) is 8.59. The Morgan fingerprint density at radius 1 is 0.310 bits per heavy atom. The summed E-state index contributed by atoms with van der Waals surface area (Å²) < 4.78 is 0. The van der Waals surface area contributed by atoms with Crippen molar-refractivity contribution in [3.63, 3.8) is 0 Å². The van der Waals surface area contributed by atoms with Crippen LogP contribution in [0.1, 0.15) is 16.7 Å². The lowest BCUT2D eigenvalue weighted by molar-refractivity contribution is 0.828. The van der Waals surface area contributed by atoms with Crippen LogP contribution in [-0.4, -0.2) is 47.0 Å². The van der Waals surface area contributed by atoms with Gasteiger partial charge in [-0.1, -0.05) is 133 Å². The van der Waals surface area contributed by atoms with E-state index in [0.717, 1.165) is 50.8 Å². The lowest BCUT2D eigenvalue weighted by Crippen LogP contribution is -2.61. The van der Waals surface area contributed by atoms with Gasteiger partial charge in [0.15, 0.2) is 17.5 Å². The molecule has 0 saturated heterocycles. The SMILES string of the molecule is c1ccc(C2=NC3=NC(c4ccccc4)=NC4=NC(c5cc6c7c(c5)N(c5ccccc5)c5ccccc5B7c5ccccc5N6c5ccccc5)=NC(=N2)N34)cc1. The average Bonchev–Trinajstić information content (AvgIpc) is 3.29. The Morgan fingerprint density at radius 3 is 1.10 bits per heavy atom. The van der Waals surface area contributed by atoms with E-state index >= 15 is 0 Å². The van der Waals surface area contributed by atoms with Gasteiger partial charge in [0.2, 0.25) is 17.9 Å². The van der Waals surface area contributed by atoms with Gasteiger partial charge in [-0.3, -0.25) is 0 Å². The molecule has 10 heteroatoms. The van der Waals surface area contributed by atoms with Crippen LogP contribution in [0.25, 0.3) is 0 Å². The first-order valence-electron chi connectivity index (χ1n) is 19.3. The Kier molecular flexibility index (Phi) is 7.12. The second-order valence-electron chi connectivity index (χ2n) is 14.4. The first kappa shape index (κ1) is 32.3. The van der Waals surface area contributed by atoms with E-state index in [1.807, 2.05) is 60.7 Å². The molecule has 0 fully saturated rings. The van der Waals surface area contributed by atoms with Crippen LogP contribution < -0.4 is 26.2 Å². The van der Waals surface area contributed by atoms with Gasteiger partial charge >= 0.3 is 0 Å². The molecular formula is C48H30BN9. The van der Waals surface area contributed by atoms with Gasteiger partial charge in [0.1, 0.15) is 0 Å². The lowest BCUT2D eigenvalue weighted by atomic mass is 9.33. The van der Waals surface area contributed by atoms with Crippen LogP contribution in [0, 0.1) is 0 Å². The number of benzene rings is 7. The first-order valence-corrected chi connectivity index (χ1v) is 19.3. The number of anilines is 6. The van der Waals surface area contributed by atoms with E-state index in [-0.39, 0.29) is 6.71 Å². The summed E-state index contributed by atoms with van der Waals surface area (Å²) in [5.74, 6) is 2.76. The summed E-state index contributed by atoms with van der Waals surface area (Å²) in [7, 11) is 0. The normalized spacial score (nSPS) is 15.7. The van der Waals surface area contributed by atoms with Gasteiger partial charge in [-0.15, -0.1) is 0 Å². The van der Waals surface area contributed by atoms with Gasteiger partial charge in [0.25, 0.3) is 6.71 Å². The van der Waals surface area contributed by atoms with E-state index in [2.05, 4.69) is 131 Å². The molecule has 9 nitrogen and oxygen atoms in total. The maximum absolute atomic E-state index is 5.21. The third-order valence-corrected chi connectivity index (χ3v) is 11.1. The van der Waals surface area contributed by atoms with Crippen LogP contribution in [0.2, 0.25) is 0 Å². The number of amidine groups is 3. The molecule has 0 bridgehead atoms. The molecule has 0 amide bonds. The highest BCUT2D eigenvalue weighted by Crippen LogP contribution is 2.44. The van der Waals surface area contributed by atoms with E-state index in [9.17, 15) is 0 Å². The molecule has 0 unspecified atom stereocenters. The topological polar surface area (TPSA) is 83.9 Å². The van der Waals surface area contributed by atoms with E-state index < -0.39 is 0 Å². The predicted molar refractivity (Wildman–Crippen MR) is 237 cm³/mol. The number of rotatable bonds is 5. The van der Waals surface area contributed by atoms with Crippen molar-refractivity contribution in [2.24, 2.45) is 30.0 Å². The zero-order valence-corrected chi connectivity index (χ0v) is 30.9. The molecule has 5 heterocycles. The monoisotopic (exact) mass is 743 g/mol. The molecule has 7 aromatic carbocycles. The molecule has 58 heavy (non-hydrogen) atoms. The molecule has 0 atom stereocenters. The molecule has 0 aliphatic carbocycles. The van der Waals surface area contributed by atoms with Gasteiger partial charge in [0, 0.05) is 50.8 Å². The van der Waals surface area contributed by atoms with Gasteiger partial charge < -0.3 is 9.80 Å². The van der Waals surface area contributed by atoms with Crippen molar-refractivity contribution >= 4 is 92.6 Å². The fraction of sp³-hybridized carbons (Fsp3) is 0. The summed E-state index contributed by atoms with van der Waals surface area (Å²) in [6.45, 7) is -0.0102. The van der Waals surface area contributed by atoms with Crippen LogP contribution >= 0.6 is 0 Å². The third kappa shape index (κ3) is 4.98. The minimum absolute atomic E-state index is 0.0102. The summed E-state index contributed by atoms with van der Waals surface area (Å²) >= 11 is 0. The third-order valence-electron chi connectivity index (χ3n) is 11.1. The second kappa shape index (κ2) is 12.8. The van der Waals surface area contributed by atoms with Crippen molar-refractivity contribution in [2.75, 3.05) is 9.80 Å². The zero-order chi connectivity index (χ0) is 38.2. The van der Waals surface area contributed by atoms with E-state index in [4.69, 9.17) is 30.0 Å². The average molecular weight is 744 g/mol. The molecule has 5 aliphatic heterocycles. The molecule has 0 saturated carbocycles. The number of fused-ring (bicyclic) bond motifs is 4. The van der Waals surface area contributed by atoms with Crippen LogP contribution in [0.15, 0.2) is 212 Å². The maximum atomic E-state index is 5.21. The van der Waals surface area contributed by atoms with Crippen molar-refractivity contribution in [3.05, 3.63) is 199 Å². The smallest absolute Gasteiger partial charge is 0.252 e. The van der Waals surface area contributed by atoms with E-state index in [1.54, 1.807) is 4.90 Å². The Balaban J connectivity index is 1.13. The Bertz CT molecular complexity index is 2860. The first-order chi connectivity index (χ1) is 28.8. The maximum Gasteiger partial charge on any atom is 0.252 e. The van der Waals surface area contributed by atoms with Crippen molar-refractivity contribution in [1.82, 2.24) is 4.90 Å². The summed E-state index contributed by atoms with van der Waals surface area (Å²) in [6.07, 6.45) is 0. The van der Waals surface area contributed by atoms with E-state index in [1.165, 1.54) is 16.4 Å². The number of para-hydroxylation sites is 4. The van der Waals surface area contributed by atoms with Crippen molar-refractivity contribution in [3.8, 4) is 0 Å². The second-order valence-corrected chi connectivity index (χ2v) is 14.4. The molecular weight excluding hydrogens is 713 g/mol. The number of aliphatic imine (C=N–C) groups is 6. The fourth-order valence-electron chi connectivity index (χ4n) is 8.59. The highest BCUT2D eigenvalue weighted by atomic mass is 15.5. The van der Waals surface area contributed by atoms with Gasteiger partial charge in [0.05, 0.1) is 0 Å². The summed E-state index contributed by atoms with van der Waals surface area (Å²) in [4.78, 5) is 36.8. The van der Waals surface area contributed by atoms with Crippen LogP contribution in [0.3, 0.4) is 0 Å².